The van der Waals surface area contributed by atoms with E-state index in [4.69, 9.17) is 10.5 Å². The van der Waals surface area contributed by atoms with Gasteiger partial charge in [0.05, 0.1) is 13.2 Å². The van der Waals surface area contributed by atoms with E-state index >= 15 is 0 Å². The fourth-order valence-corrected chi connectivity index (χ4v) is 3.95. The molecule has 1 amide bonds. The number of thiazole rings is 1. The van der Waals surface area contributed by atoms with Crippen LogP contribution in [0.15, 0.2) is 11.6 Å². The smallest absolute Gasteiger partial charge is 0.226 e. The van der Waals surface area contributed by atoms with Gasteiger partial charge in [-0.05, 0) is 25.3 Å². The molecular weight excluding hydrogens is 274 g/mol. The Balaban J connectivity index is 1.66. The number of carbonyl (C=O) groups excluding carboxylic acids is 1. The fraction of sp³-hybridized carbons (Fsp3) is 0.714. The number of hydrogen-bond acceptors (Lipinski definition) is 5. The summed E-state index contributed by atoms with van der Waals surface area (Å²) in [6.07, 6.45) is 4.92. The molecule has 1 aliphatic heterocycles. The van der Waals surface area contributed by atoms with E-state index in [-0.39, 0.29) is 17.9 Å². The van der Waals surface area contributed by atoms with Crippen molar-refractivity contribution in [1.82, 2.24) is 9.88 Å². The summed E-state index contributed by atoms with van der Waals surface area (Å²) in [6.45, 7) is 2.53. The van der Waals surface area contributed by atoms with Crippen LogP contribution in [0, 0.1) is 11.8 Å². The summed E-state index contributed by atoms with van der Waals surface area (Å²) in [6, 6.07) is 0. The first-order chi connectivity index (χ1) is 9.79. The van der Waals surface area contributed by atoms with E-state index in [1.54, 1.807) is 17.5 Å². The average molecular weight is 295 g/mol. The van der Waals surface area contributed by atoms with Crippen LogP contribution in [-0.4, -0.2) is 42.0 Å². The second-order valence-corrected chi connectivity index (χ2v) is 6.47. The van der Waals surface area contributed by atoms with Crippen LogP contribution in [0.4, 0.5) is 0 Å². The highest BCUT2D eigenvalue weighted by atomic mass is 32.1. The molecule has 1 aromatic heterocycles. The van der Waals surface area contributed by atoms with Crippen LogP contribution in [0.1, 0.15) is 30.4 Å². The largest absolute Gasteiger partial charge is 0.367 e. The maximum Gasteiger partial charge on any atom is 0.226 e. The lowest BCUT2D eigenvalue weighted by atomic mass is 9.94. The first-order valence-electron chi connectivity index (χ1n) is 7.29. The Kier molecular flexibility index (Phi) is 4.33. The van der Waals surface area contributed by atoms with Gasteiger partial charge in [0.15, 0.2) is 0 Å². The highest BCUT2D eigenvalue weighted by Gasteiger charge is 2.37. The molecule has 2 N–H and O–H groups in total. The third-order valence-corrected chi connectivity index (χ3v) is 5.25. The second-order valence-electron chi connectivity index (χ2n) is 5.55. The Morgan fingerprint density at radius 1 is 1.55 bits per heavy atom. The Bertz CT molecular complexity index is 451. The van der Waals surface area contributed by atoms with Crippen molar-refractivity contribution in [3.05, 3.63) is 16.6 Å². The molecule has 0 bridgehead atoms. The minimum Gasteiger partial charge on any atom is -0.367 e. The highest BCUT2D eigenvalue weighted by Crippen LogP contribution is 2.34. The lowest BCUT2D eigenvalue weighted by Crippen LogP contribution is -2.46. The number of morpholine rings is 1. The molecule has 1 aliphatic carbocycles. The molecule has 2 heterocycles. The third-order valence-electron chi connectivity index (χ3n) is 4.38. The summed E-state index contributed by atoms with van der Waals surface area (Å²) in [5.74, 6) is 0.751. The zero-order valence-corrected chi connectivity index (χ0v) is 12.3. The molecule has 20 heavy (non-hydrogen) atoms. The lowest BCUT2D eigenvalue weighted by Gasteiger charge is -2.34. The zero-order valence-electron chi connectivity index (χ0n) is 11.5. The maximum absolute atomic E-state index is 12.7. The van der Waals surface area contributed by atoms with Crippen LogP contribution >= 0.6 is 11.3 Å². The Morgan fingerprint density at radius 3 is 3.20 bits per heavy atom. The Hall–Kier alpha value is -0.980. The van der Waals surface area contributed by atoms with Crippen LogP contribution in [0.25, 0.3) is 0 Å². The van der Waals surface area contributed by atoms with Gasteiger partial charge in [-0.3, -0.25) is 4.79 Å². The standard InChI is InChI=1S/C14H21N3O2S/c15-8-10-2-1-3-11(10)14(18)17-5-6-19-12(9-17)13-16-4-7-20-13/h4,7,10-12H,1-3,5-6,8-9,15H2/t10-,11-,12?/m1/s1. The third kappa shape index (κ3) is 2.73. The highest BCUT2D eigenvalue weighted by molar-refractivity contribution is 7.09. The van der Waals surface area contributed by atoms with Gasteiger partial charge in [-0.2, -0.15) is 0 Å². The van der Waals surface area contributed by atoms with Crippen molar-refractivity contribution < 1.29 is 9.53 Å². The number of nitrogens with zero attached hydrogens (tertiary/aromatic N) is 2. The molecule has 3 rings (SSSR count). The van der Waals surface area contributed by atoms with E-state index in [2.05, 4.69) is 4.98 Å². The predicted molar refractivity (Wildman–Crippen MR) is 77.3 cm³/mol. The maximum atomic E-state index is 12.7. The minimum atomic E-state index is -0.0644. The van der Waals surface area contributed by atoms with Crippen molar-refractivity contribution in [2.75, 3.05) is 26.2 Å². The van der Waals surface area contributed by atoms with Gasteiger partial charge in [0.1, 0.15) is 11.1 Å². The van der Waals surface area contributed by atoms with E-state index in [1.807, 2.05) is 10.3 Å². The fourth-order valence-electron chi connectivity index (χ4n) is 3.27. The summed E-state index contributed by atoms with van der Waals surface area (Å²) < 4.78 is 5.75. The number of nitrogens with two attached hydrogens (primary N) is 1. The molecule has 6 heteroatoms. The van der Waals surface area contributed by atoms with Gasteiger partial charge in [-0.25, -0.2) is 4.98 Å². The molecule has 2 aliphatic rings. The molecule has 0 aromatic carbocycles. The second kappa shape index (κ2) is 6.20. The quantitative estimate of drug-likeness (QED) is 0.915. The summed E-state index contributed by atoms with van der Waals surface area (Å²) in [4.78, 5) is 18.9. The van der Waals surface area contributed by atoms with Gasteiger partial charge in [-0.15, -0.1) is 11.3 Å². The molecule has 3 atom stereocenters. The molecule has 0 spiro atoms. The van der Waals surface area contributed by atoms with Crippen molar-refractivity contribution in [2.24, 2.45) is 17.6 Å². The van der Waals surface area contributed by atoms with E-state index in [9.17, 15) is 4.79 Å². The average Bonchev–Trinajstić information content (AvgIpc) is 3.17. The van der Waals surface area contributed by atoms with Gasteiger partial charge in [0.25, 0.3) is 0 Å². The molecule has 5 nitrogen and oxygen atoms in total. The van der Waals surface area contributed by atoms with E-state index in [1.165, 1.54) is 0 Å². The van der Waals surface area contributed by atoms with Gasteiger partial charge in [0.2, 0.25) is 5.91 Å². The molecule has 1 unspecified atom stereocenters. The topological polar surface area (TPSA) is 68.5 Å². The number of carbonyl (C=O) groups is 1. The molecule has 1 saturated carbocycles. The van der Waals surface area contributed by atoms with Crippen LogP contribution < -0.4 is 5.73 Å². The van der Waals surface area contributed by atoms with Crippen molar-refractivity contribution in [3.8, 4) is 0 Å². The summed E-state index contributed by atoms with van der Waals surface area (Å²) in [7, 11) is 0. The Labute approximate surface area is 123 Å². The summed E-state index contributed by atoms with van der Waals surface area (Å²) >= 11 is 1.59. The SMILES string of the molecule is NC[C@H]1CCC[C@H]1C(=O)N1CCOC(c2nccs2)C1. The van der Waals surface area contributed by atoms with Crippen LogP contribution in [0.3, 0.4) is 0 Å². The van der Waals surface area contributed by atoms with Crippen molar-refractivity contribution in [1.29, 1.82) is 0 Å². The lowest BCUT2D eigenvalue weighted by molar-refractivity contribution is -0.144. The van der Waals surface area contributed by atoms with E-state index in [0.29, 0.717) is 32.2 Å². The van der Waals surface area contributed by atoms with Crippen LogP contribution in [0.5, 0.6) is 0 Å². The number of ether oxygens (including phenoxy) is 1. The van der Waals surface area contributed by atoms with Crippen LogP contribution in [-0.2, 0) is 9.53 Å². The van der Waals surface area contributed by atoms with Crippen molar-refractivity contribution in [2.45, 2.75) is 25.4 Å². The minimum absolute atomic E-state index is 0.0644. The zero-order chi connectivity index (χ0) is 13.9. The van der Waals surface area contributed by atoms with E-state index < -0.39 is 0 Å². The monoisotopic (exact) mass is 295 g/mol. The summed E-state index contributed by atoms with van der Waals surface area (Å²) in [5.41, 5.74) is 5.79. The molecule has 2 fully saturated rings. The molecule has 0 radical (unpaired) electrons. The van der Waals surface area contributed by atoms with Crippen molar-refractivity contribution in [3.63, 3.8) is 0 Å². The van der Waals surface area contributed by atoms with Gasteiger partial charge in [0, 0.05) is 24.0 Å². The van der Waals surface area contributed by atoms with Crippen molar-refractivity contribution >= 4 is 17.2 Å². The van der Waals surface area contributed by atoms with Gasteiger partial charge < -0.3 is 15.4 Å². The molecular formula is C14H21N3O2S. The first kappa shape index (κ1) is 14.0. The number of hydrogen-bond donors (Lipinski definition) is 1. The van der Waals surface area contributed by atoms with Gasteiger partial charge >= 0.3 is 0 Å². The number of amides is 1. The normalized spacial score (nSPS) is 30.6. The Morgan fingerprint density at radius 2 is 2.45 bits per heavy atom. The first-order valence-corrected chi connectivity index (χ1v) is 8.17. The molecule has 1 aromatic rings. The predicted octanol–water partition coefficient (Wildman–Crippen LogP) is 1.42. The van der Waals surface area contributed by atoms with Crippen LogP contribution in [0.2, 0.25) is 0 Å². The van der Waals surface area contributed by atoms with Gasteiger partial charge in [-0.1, -0.05) is 6.42 Å². The number of rotatable bonds is 3. The molecule has 1 saturated heterocycles. The van der Waals surface area contributed by atoms with E-state index in [0.717, 1.165) is 24.3 Å². The molecule has 110 valence electrons. The number of aromatic nitrogens is 1. The summed E-state index contributed by atoms with van der Waals surface area (Å²) in [5, 5.41) is 2.91.